The van der Waals surface area contributed by atoms with Gasteiger partial charge in [0.05, 0.1) is 11.7 Å². The van der Waals surface area contributed by atoms with Gasteiger partial charge in [-0.3, -0.25) is 4.98 Å². The van der Waals surface area contributed by atoms with Crippen LogP contribution in [0, 0.1) is 0 Å². The fourth-order valence-electron chi connectivity index (χ4n) is 1.79. The number of benzene rings is 1. The molecular formula is C15H20N2O. The number of aromatic nitrogens is 1. The van der Waals surface area contributed by atoms with Crippen molar-refractivity contribution in [1.29, 1.82) is 0 Å². The van der Waals surface area contributed by atoms with Crippen molar-refractivity contribution >= 4 is 10.9 Å². The van der Waals surface area contributed by atoms with Crippen molar-refractivity contribution in [3.8, 4) is 5.75 Å². The summed E-state index contributed by atoms with van der Waals surface area (Å²) in [7, 11) is 0. The van der Waals surface area contributed by atoms with Crippen molar-refractivity contribution in [2.24, 2.45) is 0 Å². The fraction of sp³-hybridized carbons (Fsp3) is 0.400. The number of rotatable bonds is 5. The molecule has 0 aliphatic rings. The summed E-state index contributed by atoms with van der Waals surface area (Å²) in [5.41, 5.74) is 0.998. The second-order valence-corrected chi connectivity index (χ2v) is 4.86. The first-order valence-corrected chi connectivity index (χ1v) is 6.40. The average Bonchev–Trinajstić information content (AvgIpc) is 2.36. The minimum absolute atomic E-state index is 0.135. The van der Waals surface area contributed by atoms with E-state index < -0.39 is 0 Å². The lowest BCUT2D eigenvalue weighted by molar-refractivity contribution is 0.213. The molecule has 1 aromatic carbocycles. The highest BCUT2D eigenvalue weighted by molar-refractivity contribution is 5.79. The van der Waals surface area contributed by atoms with E-state index in [9.17, 15) is 0 Å². The van der Waals surface area contributed by atoms with E-state index in [1.165, 1.54) is 0 Å². The van der Waals surface area contributed by atoms with Crippen LogP contribution < -0.4 is 10.1 Å². The Hall–Kier alpha value is -1.61. The number of hydrogen-bond acceptors (Lipinski definition) is 3. The standard InChI is InChI=1S/C15H20N2O/c1-11(2)16-9-12(3)18-14-8-13-6-4-5-7-15(13)17-10-14/h4-8,10-12,16H,9H2,1-3H3. The average molecular weight is 244 g/mol. The molecule has 0 radical (unpaired) electrons. The molecule has 0 bridgehead atoms. The molecular weight excluding hydrogens is 224 g/mol. The Kier molecular flexibility index (Phi) is 4.15. The van der Waals surface area contributed by atoms with Gasteiger partial charge in [-0.2, -0.15) is 0 Å². The summed E-state index contributed by atoms with van der Waals surface area (Å²) in [4.78, 5) is 4.38. The molecule has 0 amide bonds. The predicted octanol–water partition coefficient (Wildman–Crippen LogP) is 3.00. The Morgan fingerprint density at radius 1 is 1.22 bits per heavy atom. The normalized spacial score (nSPS) is 12.9. The molecule has 2 aromatic rings. The molecule has 3 nitrogen and oxygen atoms in total. The Balaban J connectivity index is 2.03. The lowest BCUT2D eigenvalue weighted by Gasteiger charge is -2.17. The summed E-state index contributed by atoms with van der Waals surface area (Å²) < 4.78 is 5.85. The van der Waals surface area contributed by atoms with Crippen LogP contribution in [0.1, 0.15) is 20.8 Å². The molecule has 0 saturated heterocycles. The van der Waals surface area contributed by atoms with Gasteiger partial charge in [0.25, 0.3) is 0 Å². The van der Waals surface area contributed by atoms with Gasteiger partial charge in [0.1, 0.15) is 11.9 Å². The van der Waals surface area contributed by atoms with Gasteiger partial charge in [0.15, 0.2) is 0 Å². The molecule has 0 aliphatic carbocycles. The third-order valence-corrected chi connectivity index (χ3v) is 2.72. The number of pyridine rings is 1. The quantitative estimate of drug-likeness (QED) is 0.878. The minimum Gasteiger partial charge on any atom is -0.488 e. The number of nitrogens with one attached hydrogen (secondary N) is 1. The van der Waals surface area contributed by atoms with Crippen molar-refractivity contribution in [3.05, 3.63) is 36.5 Å². The zero-order valence-corrected chi connectivity index (χ0v) is 11.2. The zero-order valence-electron chi connectivity index (χ0n) is 11.2. The summed E-state index contributed by atoms with van der Waals surface area (Å²) >= 11 is 0. The molecule has 2 rings (SSSR count). The maximum atomic E-state index is 5.85. The van der Waals surface area contributed by atoms with E-state index in [0.29, 0.717) is 6.04 Å². The summed E-state index contributed by atoms with van der Waals surface area (Å²) in [6, 6.07) is 10.6. The first kappa shape index (κ1) is 12.8. The van der Waals surface area contributed by atoms with Crippen LogP contribution in [0.4, 0.5) is 0 Å². The van der Waals surface area contributed by atoms with E-state index in [0.717, 1.165) is 23.2 Å². The van der Waals surface area contributed by atoms with Crippen molar-refractivity contribution in [2.75, 3.05) is 6.54 Å². The molecule has 3 heteroatoms. The van der Waals surface area contributed by atoms with Gasteiger partial charge >= 0.3 is 0 Å². The summed E-state index contributed by atoms with van der Waals surface area (Å²) in [6.45, 7) is 7.16. The molecule has 18 heavy (non-hydrogen) atoms. The van der Waals surface area contributed by atoms with E-state index in [1.54, 1.807) is 6.20 Å². The SMILES string of the molecule is CC(C)NCC(C)Oc1cnc2ccccc2c1. The Bertz CT molecular complexity index is 511. The molecule has 1 N–H and O–H groups in total. The van der Waals surface area contributed by atoms with Crippen molar-refractivity contribution in [2.45, 2.75) is 32.9 Å². The van der Waals surface area contributed by atoms with Crippen molar-refractivity contribution in [1.82, 2.24) is 10.3 Å². The zero-order chi connectivity index (χ0) is 13.0. The van der Waals surface area contributed by atoms with Crippen LogP contribution >= 0.6 is 0 Å². The van der Waals surface area contributed by atoms with Gasteiger partial charge in [0.2, 0.25) is 0 Å². The monoisotopic (exact) mass is 244 g/mol. The van der Waals surface area contributed by atoms with Crippen LogP contribution in [0.2, 0.25) is 0 Å². The highest BCUT2D eigenvalue weighted by Gasteiger charge is 2.05. The molecule has 1 heterocycles. The summed E-state index contributed by atoms with van der Waals surface area (Å²) in [6.07, 6.45) is 1.92. The number of hydrogen-bond donors (Lipinski definition) is 1. The molecule has 1 atom stereocenters. The topological polar surface area (TPSA) is 34.1 Å². The number of fused-ring (bicyclic) bond motifs is 1. The first-order valence-electron chi connectivity index (χ1n) is 6.40. The van der Waals surface area contributed by atoms with Crippen LogP contribution in [0.25, 0.3) is 10.9 Å². The molecule has 1 aromatic heterocycles. The van der Waals surface area contributed by atoms with E-state index in [-0.39, 0.29) is 6.10 Å². The van der Waals surface area contributed by atoms with E-state index in [2.05, 4.69) is 31.1 Å². The second-order valence-electron chi connectivity index (χ2n) is 4.86. The van der Waals surface area contributed by atoms with Gasteiger partial charge in [-0.15, -0.1) is 0 Å². The second kappa shape index (κ2) is 5.83. The Morgan fingerprint density at radius 2 is 2.00 bits per heavy atom. The van der Waals surface area contributed by atoms with E-state index in [4.69, 9.17) is 4.74 Å². The molecule has 0 spiro atoms. The lowest BCUT2D eigenvalue weighted by Crippen LogP contribution is -2.33. The molecule has 0 aliphatic heterocycles. The van der Waals surface area contributed by atoms with Crippen LogP contribution in [-0.4, -0.2) is 23.7 Å². The maximum Gasteiger partial charge on any atom is 0.138 e. The number of nitrogens with zero attached hydrogens (tertiary/aromatic N) is 1. The fourth-order valence-corrected chi connectivity index (χ4v) is 1.79. The van der Waals surface area contributed by atoms with Gasteiger partial charge in [-0.05, 0) is 19.1 Å². The van der Waals surface area contributed by atoms with Gasteiger partial charge in [-0.1, -0.05) is 32.0 Å². The van der Waals surface area contributed by atoms with E-state index >= 15 is 0 Å². The lowest BCUT2D eigenvalue weighted by atomic mass is 10.2. The van der Waals surface area contributed by atoms with E-state index in [1.807, 2.05) is 30.3 Å². The minimum atomic E-state index is 0.135. The Labute approximate surface area is 108 Å². The van der Waals surface area contributed by atoms with Crippen molar-refractivity contribution < 1.29 is 4.74 Å². The van der Waals surface area contributed by atoms with Gasteiger partial charge in [-0.25, -0.2) is 0 Å². The molecule has 0 saturated carbocycles. The Morgan fingerprint density at radius 3 is 2.78 bits per heavy atom. The van der Waals surface area contributed by atoms with Crippen LogP contribution in [0.15, 0.2) is 36.5 Å². The van der Waals surface area contributed by atoms with Crippen LogP contribution in [-0.2, 0) is 0 Å². The highest BCUT2D eigenvalue weighted by Crippen LogP contribution is 2.18. The van der Waals surface area contributed by atoms with Gasteiger partial charge < -0.3 is 10.1 Å². The maximum absolute atomic E-state index is 5.85. The van der Waals surface area contributed by atoms with Crippen LogP contribution in [0.5, 0.6) is 5.75 Å². The third-order valence-electron chi connectivity index (χ3n) is 2.72. The molecule has 1 unspecified atom stereocenters. The largest absolute Gasteiger partial charge is 0.488 e. The summed E-state index contributed by atoms with van der Waals surface area (Å²) in [5.74, 6) is 0.826. The number of para-hydroxylation sites is 1. The first-order chi connectivity index (χ1) is 8.65. The smallest absolute Gasteiger partial charge is 0.138 e. The predicted molar refractivity (Wildman–Crippen MR) is 75.0 cm³/mol. The summed E-state index contributed by atoms with van der Waals surface area (Å²) in [5, 5.41) is 4.47. The molecule has 0 fully saturated rings. The number of ether oxygens (including phenoxy) is 1. The third kappa shape index (κ3) is 3.44. The molecule has 96 valence electrons. The van der Waals surface area contributed by atoms with Crippen LogP contribution in [0.3, 0.4) is 0 Å². The van der Waals surface area contributed by atoms with Gasteiger partial charge in [0, 0.05) is 18.0 Å². The highest BCUT2D eigenvalue weighted by atomic mass is 16.5. The van der Waals surface area contributed by atoms with Crippen molar-refractivity contribution in [3.63, 3.8) is 0 Å².